The molecule has 2 atom stereocenters. The lowest BCUT2D eigenvalue weighted by molar-refractivity contribution is 0.259. The fraction of sp³-hybridized carbons (Fsp3) is 1.00. The van der Waals surface area contributed by atoms with E-state index in [9.17, 15) is 4.39 Å². The van der Waals surface area contributed by atoms with Crippen molar-refractivity contribution >= 4 is 0 Å². The number of halogens is 1. The van der Waals surface area contributed by atoms with E-state index in [1.165, 1.54) is 0 Å². The van der Waals surface area contributed by atoms with Crippen LogP contribution in [0.25, 0.3) is 0 Å². The van der Waals surface area contributed by atoms with Gasteiger partial charge < -0.3 is 0 Å². The van der Waals surface area contributed by atoms with Gasteiger partial charge in [-0.05, 0) is 12.8 Å². The molecule has 0 aromatic heterocycles. The number of hydrogen-bond donors (Lipinski definition) is 0. The van der Waals surface area contributed by atoms with Crippen LogP contribution in [0, 0.1) is 5.92 Å². The third kappa shape index (κ3) is 2.60. The fourth-order valence-electron chi connectivity index (χ4n) is 0.325. The van der Waals surface area contributed by atoms with E-state index in [1.54, 1.807) is 6.92 Å². The Balaban J connectivity index is 3.14. The first kappa shape index (κ1) is 6.93. The summed E-state index contributed by atoms with van der Waals surface area (Å²) in [4.78, 5) is 0. The number of alkyl halides is 1. The van der Waals surface area contributed by atoms with Gasteiger partial charge in [-0.25, -0.2) is 4.39 Å². The summed E-state index contributed by atoms with van der Waals surface area (Å²) in [5.41, 5.74) is 0. The molecule has 0 bridgehead atoms. The molecule has 0 aliphatic carbocycles. The monoisotopic (exact) mass is 104 g/mol. The van der Waals surface area contributed by atoms with E-state index in [0.717, 1.165) is 6.42 Å². The van der Waals surface area contributed by atoms with Gasteiger partial charge >= 0.3 is 0 Å². The van der Waals surface area contributed by atoms with Gasteiger partial charge in [-0.15, -0.1) is 0 Å². The Kier molecular flexibility index (Phi) is 2.97. The predicted octanol–water partition coefficient (Wildman–Crippen LogP) is 2.39. The lowest BCUT2D eigenvalue weighted by Crippen LogP contribution is -2.05. The summed E-state index contributed by atoms with van der Waals surface area (Å²) in [5.74, 6) is 0.236. The van der Waals surface area contributed by atoms with Gasteiger partial charge in [0.05, 0.1) is 6.17 Å². The topological polar surface area (TPSA) is 0 Å². The van der Waals surface area contributed by atoms with E-state index in [0.29, 0.717) is 0 Å². The van der Waals surface area contributed by atoms with Crippen LogP contribution >= 0.6 is 0 Å². The van der Waals surface area contributed by atoms with Crippen LogP contribution in [0.3, 0.4) is 0 Å². The highest BCUT2D eigenvalue weighted by molar-refractivity contribution is 4.54. The van der Waals surface area contributed by atoms with Crippen LogP contribution in [-0.4, -0.2) is 6.17 Å². The normalized spacial score (nSPS) is 18.9. The quantitative estimate of drug-likeness (QED) is 0.504. The SMILES string of the molecule is CC[C@H](C)C(C)F. The van der Waals surface area contributed by atoms with Crippen molar-refractivity contribution in [3.8, 4) is 0 Å². The van der Waals surface area contributed by atoms with Crippen LogP contribution < -0.4 is 0 Å². The molecule has 0 amide bonds. The largest absolute Gasteiger partial charge is 0.248 e. The molecule has 0 nitrogen and oxygen atoms in total. The standard InChI is InChI=1S/C6H13F/c1-4-5(2)6(3)7/h5-6H,4H2,1-3H3/t5-,6?/m0/s1. The van der Waals surface area contributed by atoms with Gasteiger partial charge in [0, 0.05) is 0 Å². The van der Waals surface area contributed by atoms with Gasteiger partial charge in [0.2, 0.25) is 0 Å². The first-order valence-electron chi connectivity index (χ1n) is 2.82. The molecule has 0 aromatic carbocycles. The summed E-state index contributed by atoms with van der Waals surface area (Å²) in [6.07, 6.45) is 0.308. The number of rotatable bonds is 2. The summed E-state index contributed by atoms with van der Waals surface area (Å²) in [6.45, 7) is 5.53. The van der Waals surface area contributed by atoms with Crippen LogP contribution in [-0.2, 0) is 0 Å². The number of hydrogen-bond acceptors (Lipinski definition) is 0. The minimum absolute atomic E-state index is 0.236. The maximum absolute atomic E-state index is 12.1. The van der Waals surface area contributed by atoms with Crippen molar-refractivity contribution < 1.29 is 4.39 Å². The van der Waals surface area contributed by atoms with Gasteiger partial charge in [-0.3, -0.25) is 0 Å². The second-order valence-corrected chi connectivity index (χ2v) is 2.06. The maximum Gasteiger partial charge on any atom is 0.0998 e. The average Bonchev–Trinajstić information content (AvgIpc) is 1.65. The van der Waals surface area contributed by atoms with E-state index >= 15 is 0 Å². The van der Waals surface area contributed by atoms with Crippen molar-refractivity contribution in [1.29, 1.82) is 0 Å². The molecule has 0 saturated heterocycles. The predicted molar refractivity (Wildman–Crippen MR) is 30.0 cm³/mol. The summed E-state index contributed by atoms with van der Waals surface area (Å²) in [5, 5.41) is 0. The highest BCUT2D eigenvalue weighted by Crippen LogP contribution is 2.08. The van der Waals surface area contributed by atoms with Gasteiger partial charge in [-0.2, -0.15) is 0 Å². The first-order chi connectivity index (χ1) is 3.18. The highest BCUT2D eigenvalue weighted by Gasteiger charge is 2.05. The Morgan fingerprint density at radius 2 is 1.86 bits per heavy atom. The van der Waals surface area contributed by atoms with E-state index in [-0.39, 0.29) is 5.92 Å². The molecule has 0 saturated carbocycles. The minimum Gasteiger partial charge on any atom is -0.248 e. The van der Waals surface area contributed by atoms with Crippen molar-refractivity contribution in [3.63, 3.8) is 0 Å². The molecule has 0 aliphatic heterocycles. The zero-order valence-corrected chi connectivity index (χ0v) is 5.24. The summed E-state index contributed by atoms with van der Waals surface area (Å²) < 4.78 is 12.1. The minimum atomic E-state index is -0.634. The van der Waals surface area contributed by atoms with Crippen molar-refractivity contribution in [3.05, 3.63) is 0 Å². The molecule has 0 rings (SSSR count). The Labute approximate surface area is 44.7 Å². The summed E-state index contributed by atoms with van der Waals surface area (Å²) >= 11 is 0. The highest BCUT2D eigenvalue weighted by atomic mass is 19.1. The fourth-order valence-corrected chi connectivity index (χ4v) is 0.325. The van der Waals surface area contributed by atoms with Gasteiger partial charge in [0.25, 0.3) is 0 Å². The third-order valence-corrected chi connectivity index (χ3v) is 1.43. The molecule has 1 heteroatoms. The van der Waals surface area contributed by atoms with Crippen molar-refractivity contribution in [2.45, 2.75) is 33.4 Å². The molecular weight excluding hydrogens is 91.1 g/mol. The molecule has 0 heterocycles. The summed E-state index contributed by atoms with van der Waals surface area (Å²) in [6, 6.07) is 0. The lowest BCUT2D eigenvalue weighted by atomic mass is 10.1. The van der Waals surface area contributed by atoms with E-state index in [4.69, 9.17) is 0 Å². The van der Waals surface area contributed by atoms with Crippen molar-refractivity contribution in [2.24, 2.45) is 5.92 Å². The Bertz CT molecular complexity index is 41.4. The van der Waals surface area contributed by atoms with Gasteiger partial charge in [-0.1, -0.05) is 20.3 Å². The molecule has 0 aromatic rings. The molecule has 1 unspecified atom stereocenters. The smallest absolute Gasteiger partial charge is 0.0998 e. The molecule has 0 radical (unpaired) electrons. The van der Waals surface area contributed by atoms with E-state index in [2.05, 4.69) is 0 Å². The molecule has 0 spiro atoms. The van der Waals surface area contributed by atoms with Crippen LogP contribution in [0.2, 0.25) is 0 Å². The zero-order chi connectivity index (χ0) is 5.86. The van der Waals surface area contributed by atoms with Crippen LogP contribution in [0.1, 0.15) is 27.2 Å². The Hall–Kier alpha value is -0.0700. The lowest BCUT2D eigenvalue weighted by Gasteiger charge is -2.06. The van der Waals surface area contributed by atoms with Crippen LogP contribution in [0.5, 0.6) is 0 Å². The van der Waals surface area contributed by atoms with Gasteiger partial charge in [0.1, 0.15) is 0 Å². The maximum atomic E-state index is 12.1. The summed E-state index contributed by atoms with van der Waals surface area (Å²) in [7, 11) is 0. The van der Waals surface area contributed by atoms with Crippen LogP contribution in [0.4, 0.5) is 4.39 Å². The molecule has 0 aliphatic rings. The van der Waals surface area contributed by atoms with Crippen molar-refractivity contribution in [2.75, 3.05) is 0 Å². The van der Waals surface area contributed by atoms with Gasteiger partial charge in [0.15, 0.2) is 0 Å². The van der Waals surface area contributed by atoms with Crippen molar-refractivity contribution in [1.82, 2.24) is 0 Å². The molecule has 0 N–H and O–H groups in total. The third-order valence-electron chi connectivity index (χ3n) is 1.43. The van der Waals surface area contributed by atoms with Crippen LogP contribution in [0.15, 0.2) is 0 Å². The molecular formula is C6H13F. The van der Waals surface area contributed by atoms with E-state index in [1.807, 2.05) is 13.8 Å². The second kappa shape index (κ2) is 3.00. The first-order valence-corrected chi connectivity index (χ1v) is 2.82. The second-order valence-electron chi connectivity index (χ2n) is 2.06. The zero-order valence-electron chi connectivity index (χ0n) is 5.24. The molecule has 0 fully saturated rings. The Morgan fingerprint density at radius 1 is 1.43 bits per heavy atom. The Morgan fingerprint density at radius 3 is 1.86 bits per heavy atom. The van der Waals surface area contributed by atoms with E-state index < -0.39 is 6.17 Å². The molecule has 7 heavy (non-hydrogen) atoms. The molecule has 44 valence electrons. The average molecular weight is 104 g/mol.